The van der Waals surface area contributed by atoms with Crippen molar-refractivity contribution in [2.24, 2.45) is 0 Å². The van der Waals surface area contributed by atoms with Crippen molar-refractivity contribution in [1.82, 2.24) is 0 Å². The number of para-hydroxylation sites is 1. The van der Waals surface area contributed by atoms with E-state index in [1.54, 1.807) is 18.2 Å². The maximum atomic E-state index is 5.80. The van der Waals surface area contributed by atoms with Gasteiger partial charge in [-0.25, -0.2) is 0 Å². The van der Waals surface area contributed by atoms with Gasteiger partial charge in [-0.2, -0.15) is 0 Å². The third-order valence-electron chi connectivity index (χ3n) is 1.29. The van der Waals surface area contributed by atoms with Crippen molar-refractivity contribution in [2.75, 3.05) is 12.3 Å². The maximum absolute atomic E-state index is 5.80. The van der Waals surface area contributed by atoms with E-state index in [0.717, 1.165) is 0 Å². The fourth-order valence-corrected chi connectivity index (χ4v) is 1.06. The summed E-state index contributed by atoms with van der Waals surface area (Å²) < 4.78 is 5.21. The summed E-state index contributed by atoms with van der Waals surface area (Å²) in [5.41, 5.74) is 6.18. The van der Waals surface area contributed by atoms with Crippen LogP contribution in [0.2, 0.25) is 5.02 Å². The van der Waals surface area contributed by atoms with Crippen molar-refractivity contribution < 1.29 is 4.74 Å². The molecule has 0 aliphatic rings. The highest BCUT2D eigenvalue weighted by Crippen LogP contribution is 2.30. The normalized spacial score (nSPS) is 8.83. The highest BCUT2D eigenvalue weighted by atomic mass is 35.5. The molecule has 0 aliphatic heterocycles. The van der Waals surface area contributed by atoms with Crippen LogP contribution in [0.15, 0.2) is 18.2 Å². The Morgan fingerprint density at radius 3 is 2.67 bits per heavy atom. The quantitative estimate of drug-likeness (QED) is 0.758. The van der Waals surface area contributed by atoms with E-state index in [1.165, 1.54) is 0 Å². The van der Waals surface area contributed by atoms with Gasteiger partial charge in [0.1, 0.15) is 0 Å². The van der Waals surface area contributed by atoms with Crippen LogP contribution in [0.1, 0.15) is 6.92 Å². The van der Waals surface area contributed by atoms with E-state index in [4.69, 9.17) is 22.1 Å². The molecule has 1 rings (SSSR count). The summed E-state index contributed by atoms with van der Waals surface area (Å²) in [5, 5.41) is 0.562. The number of benzene rings is 1. The molecule has 12 heavy (non-hydrogen) atoms. The molecule has 0 aromatic heterocycles. The minimum atomic E-state index is 0. The number of anilines is 1. The van der Waals surface area contributed by atoms with Gasteiger partial charge in [0.2, 0.25) is 0 Å². The maximum Gasteiger partial charge on any atom is 0.160 e. The Balaban J connectivity index is 0.00000121. The first-order valence-electron chi connectivity index (χ1n) is 3.42. The standard InChI is InChI=1S/C8H10ClNO.ClH/c1-2-11-8-6(9)4-3-5-7(8)10;/h3-5H,2,10H2,1H3;1H. The minimum absolute atomic E-state index is 0. The molecule has 4 heteroatoms. The van der Waals surface area contributed by atoms with Crippen molar-refractivity contribution in [1.29, 1.82) is 0 Å². The first kappa shape index (κ1) is 11.4. The molecule has 0 bridgehead atoms. The summed E-state index contributed by atoms with van der Waals surface area (Å²) in [6.45, 7) is 2.47. The Morgan fingerprint density at radius 2 is 2.17 bits per heavy atom. The third-order valence-corrected chi connectivity index (χ3v) is 1.58. The second-order valence-corrected chi connectivity index (χ2v) is 2.50. The van der Waals surface area contributed by atoms with Crippen molar-refractivity contribution in [2.45, 2.75) is 6.92 Å². The van der Waals surface area contributed by atoms with Crippen LogP contribution >= 0.6 is 24.0 Å². The summed E-state index contributed by atoms with van der Waals surface area (Å²) in [7, 11) is 0. The number of hydrogen-bond acceptors (Lipinski definition) is 2. The van der Waals surface area contributed by atoms with Crippen LogP contribution < -0.4 is 10.5 Å². The zero-order chi connectivity index (χ0) is 8.27. The Kier molecular flexibility index (Phi) is 4.86. The predicted octanol–water partition coefficient (Wildman–Crippen LogP) is 2.74. The molecule has 0 spiro atoms. The van der Waals surface area contributed by atoms with Crippen LogP contribution in [0.3, 0.4) is 0 Å². The smallest absolute Gasteiger partial charge is 0.160 e. The number of hydrogen-bond donors (Lipinski definition) is 1. The number of halogens is 2. The van der Waals surface area contributed by atoms with Gasteiger partial charge in [0.15, 0.2) is 5.75 Å². The van der Waals surface area contributed by atoms with E-state index in [0.29, 0.717) is 23.1 Å². The molecule has 1 aromatic rings. The lowest BCUT2D eigenvalue weighted by atomic mass is 10.3. The summed E-state index contributed by atoms with van der Waals surface area (Å²) in [5.74, 6) is 0.580. The molecule has 0 amide bonds. The van der Waals surface area contributed by atoms with E-state index in [-0.39, 0.29) is 12.4 Å². The number of rotatable bonds is 2. The predicted molar refractivity (Wildman–Crippen MR) is 54.3 cm³/mol. The Bertz CT molecular complexity index is 233. The molecular formula is C8H11Cl2NO. The van der Waals surface area contributed by atoms with Crippen molar-refractivity contribution in [3.8, 4) is 5.75 Å². The van der Waals surface area contributed by atoms with Gasteiger partial charge in [-0.15, -0.1) is 12.4 Å². The zero-order valence-electron chi connectivity index (χ0n) is 6.71. The topological polar surface area (TPSA) is 35.2 Å². The second kappa shape index (κ2) is 5.12. The molecular weight excluding hydrogens is 197 g/mol. The summed E-state index contributed by atoms with van der Waals surface area (Å²) >= 11 is 5.80. The van der Waals surface area contributed by atoms with E-state index in [9.17, 15) is 0 Å². The van der Waals surface area contributed by atoms with Gasteiger partial charge in [-0.3, -0.25) is 0 Å². The summed E-state index contributed by atoms with van der Waals surface area (Å²) in [6.07, 6.45) is 0. The fourth-order valence-electron chi connectivity index (χ4n) is 0.822. The summed E-state index contributed by atoms with van der Waals surface area (Å²) in [6, 6.07) is 5.31. The lowest BCUT2D eigenvalue weighted by Crippen LogP contribution is -1.96. The molecule has 2 N–H and O–H groups in total. The monoisotopic (exact) mass is 207 g/mol. The van der Waals surface area contributed by atoms with Gasteiger partial charge < -0.3 is 10.5 Å². The van der Waals surface area contributed by atoms with Gasteiger partial charge in [0.05, 0.1) is 17.3 Å². The molecule has 68 valence electrons. The first-order valence-corrected chi connectivity index (χ1v) is 3.80. The largest absolute Gasteiger partial charge is 0.490 e. The minimum Gasteiger partial charge on any atom is -0.490 e. The second-order valence-electron chi connectivity index (χ2n) is 2.09. The van der Waals surface area contributed by atoms with Crippen LogP contribution in [0, 0.1) is 0 Å². The SMILES string of the molecule is CCOc1c(N)cccc1Cl.Cl. The van der Waals surface area contributed by atoms with Gasteiger partial charge in [0.25, 0.3) is 0 Å². The van der Waals surface area contributed by atoms with Crippen LogP contribution in [-0.4, -0.2) is 6.61 Å². The van der Waals surface area contributed by atoms with E-state index in [2.05, 4.69) is 0 Å². The average Bonchev–Trinajstić information content (AvgIpc) is 1.97. The zero-order valence-corrected chi connectivity index (χ0v) is 8.28. The van der Waals surface area contributed by atoms with E-state index < -0.39 is 0 Å². The Morgan fingerprint density at radius 1 is 1.50 bits per heavy atom. The fraction of sp³-hybridized carbons (Fsp3) is 0.250. The van der Waals surface area contributed by atoms with Crippen molar-refractivity contribution >= 4 is 29.7 Å². The molecule has 0 saturated heterocycles. The molecule has 2 nitrogen and oxygen atoms in total. The van der Waals surface area contributed by atoms with Crippen LogP contribution in [0.25, 0.3) is 0 Å². The molecule has 0 unspecified atom stereocenters. The van der Waals surface area contributed by atoms with Gasteiger partial charge in [-0.05, 0) is 19.1 Å². The van der Waals surface area contributed by atoms with Gasteiger partial charge >= 0.3 is 0 Å². The van der Waals surface area contributed by atoms with Crippen LogP contribution in [0.4, 0.5) is 5.69 Å². The molecule has 0 radical (unpaired) electrons. The number of nitrogen functional groups attached to an aromatic ring is 1. The van der Waals surface area contributed by atoms with Crippen LogP contribution in [-0.2, 0) is 0 Å². The van der Waals surface area contributed by atoms with Crippen LogP contribution in [0.5, 0.6) is 5.75 Å². The van der Waals surface area contributed by atoms with Crippen molar-refractivity contribution in [3.63, 3.8) is 0 Å². The number of ether oxygens (including phenoxy) is 1. The summed E-state index contributed by atoms with van der Waals surface area (Å²) in [4.78, 5) is 0. The lowest BCUT2D eigenvalue weighted by Gasteiger charge is -2.07. The molecule has 0 heterocycles. The molecule has 0 atom stereocenters. The highest BCUT2D eigenvalue weighted by Gasteiger charge is 2.02. The van der Waals surface area contributed by atoms with E-state index >= 15 is 0 Å². The Labute approximate surface area is 83.1 Å². The van der Waals surface area contributed by atoms with Gasteiger partial charge in [-0.1, -0.05) is 17.7 Å². The van der Waals surface area contributed by atoms with Gasteiger partial charge in [0, 0.05) is 0 Å². The molecule has 0 fully saturated rings. The first-order chi connectivity index (χ1) is 5.25. The Hall–Kier alpha value is -0.600. The average molecular weight is 208 g/mol. The molecule has 0 aliphatic carbocycles. The molecule has 1 aromatic carbocycles. The molecule has 0 saturated carbocycles. The number of nitrogens with two attached hydrogens (primary N) is 1. The van der Waals surface area contributed by atoms with E-state index in [1.807, 2.05) is 6.92 Å². The third kappa shape index (κ3) is 2.47. The lowest BCUT2D eigenvalue weighted by molar-refractivity contribution is 0.342. The van der Waals surface area contributed by atoms with Crippen molar-refractivity contribution in [3.05, 3.63) is 23.2 Å². The highest BCUT2D eigenvalue weighted by molar-refractivity contribution is 6.32.